The number of methoxy groups -OCH3 is 1. The second kappa shape index (κ2) is 6.55. The van der Waals surface area contributed by atoms with E-state index in [9.17, 15) is 0 Å². The third-order valence-corrected chi connectivity index (χ3v) is 3.73. The Balaban J connectivity index is 2.05. The van der Waals surface area contributed by atoms with Gasteiger partial charge in [-0.25, -0.2) is 0 Å². The number of rotatable bonds is 4. The summed E-state index contributed by atoms with van der Waals surface area (Å²) in [6.07, 6.45) is 2.45. The summed E-state index contributed by atoms with van der Waals surface area (Å²) in [4.78, 5) is 2.42. The maximum atomic E-state index is 9.10. The molecule has 0 radical (unpaired) electrons. The van der Waals surface area contributed by atoms with E-state index in [1.54, 1.807) is 7.11 Å². The number of nitrogens with two attached hydrogens (primary N) is 1. The molecule has 1 aromatic carbocycles. The van der Waals surface area contributed by atoms with Crippen molar-refractivity contribution in [3.05, 3.63) is 29.3 Å². The summed E-state index contributed by atoms with van der Waals surface area (Å²) < 4.78 is 5.16. The highest BCUT2D eigenvalue weighted by molar-refractivity contribution is 5.45. The van der Waals surface area contributed by atoms with Crippen molar-refractivity contribution in [3.63, 3.8) is 0 Å². The van der Waals surface area contributed by atoms with Gasteiger partial charge in [0.25, 0.3) is 0 Å². The summed E-state index contributed by atoms with van der Waals surface area (Å²) in [6.45, 7) is 3.83. The monoisotopic (exact) mass is 259 g/mol. The first-order valence-electron chi connectivity index (χ1n) is 6.76. The first-order valence-corrected chi connectivity index (χ1v) is 6.76. The lowest BCUT2D eigenvalue weighted by atomic mass is 9.97. The summed E-state index contributed by atoms with van der Waals surface area (Å²) in [5.41, 5.74) is 7.52. The molecule has 0 saturated carbocycles. The van der Waals surface area contributed by atoms with Crippen molar-refractivity contribution in [1.82, 2.24) is 4.90 Å². The number of hydrogen-bond donors (Lipinski definition) is 1. The fourth-order valence-corrected chi connectivity index (χ4v) is 2.69. The van der Waals surface area contributed by atoms with E-state index < -0.39 is 0 Å². The molecule has 4 nitrogen and oxygen atoms in total. The Hall–Kier alpha value is -1.57. The molecule has 1 aromatic rings. The molecule has 1 fully saturated rings. The van der Waals surface area contributed by atoms with Crippen LogP contribution in [0.5, 0.6) is 5.75 Å². The maximum Gasteiger partial charge on any atom is 0.136 e. The van der Waals surface area contributed by atoms with E-state index in [0.717, 1.165) is 31.7 Å². The van der Waals surface area contributed by atoms with Crippen LogP contribution >= 0.6 is 0 Å². The van der Waals surface area contributed by atoms with Gasteiger partial charge >= 0.3 is 0 Å². The molecule has 1 heterocycles. The Bertz CT molecular complexity index is 467. The first kappa shape index (κ1) is 13.9. The highest BCUT2D eigenvalue weighted by atomic mass is 16.5. The van der Waals surface area contributed by atoms with Gasteiger partial charge in [0.1, 0.15) is 11.8 Å². The number of hydrogen-bond acceptors (Lipinski definition) is 4. The Kier molecular flexibility index (Phi) is 4.78. The van der Waals surface area contributed by atoms with Crippen LogP contribution in [-0.4, -0.2) is 31.6 Å². The van der Waals surface area contributed by atoms with Gasteiger partial charge in [0.2, 0.25) is 0 Å². The van der Waals surface area contributed by atoms with E-state index >= 15 is 0 Å². The molecule has 2 N–H and O–H groups in total. The van der Waals surface area contributed by atoms with Crippen molar-refractivity contribution in [2.45, 2.75) is 19.4 Å². The Morgan fingerprint density at radius 2 is 2.37 bits per heavy atom. The van der Waals surface area contributed by atoms with Gasteiger partial charge in [-0.2, -0.15) is 5.26 Å². The Morgan fingerprint density at radius 3 is 3.05 bits per heavy atom. The van der Waals surface area contributed by atoms with Gasteiger partial charge in [-0.3, -0.25) is 4.90 Å². The molecule has 0 aliphatic carbocycles. The van der Waals surface area contributed by atoms with Crippen LogP contribution in [0.3, 0.4) is 0 Å². The fourth-order valence-electron chi connectivity index (χ4n) is 2.69. The van der Waals surface area contributed by atoms with E-state index in [1.807, 2.05) is 18.2 Å². The minimum Gasteiger partial charge on any atom is -0.495 e. The minimum atomic E-state index is 0.604. The summed E-state index contributed by atoms with van der Waals surface area (Å²) >= 11 is 0. The molecule has 2 rings (SSSR count). The standard InChI is InChI=1S/C15H21N3O/c1-19-15-5-4-12(7-14(15)9-17)10-18-6-2-3-13(8-16)11-18/h4-5,7,13H,2-3,6,8,10-11,16H2,1H3. The molecule has 0 spiro atoms. The Labute approximate surface area is 114 Å². The van der Waals surface area contributed by atoms with Crippen LogP contribution in [0.1, 0.15) is 24.0 Å². The lowest BCUT2D eigenvalue weighted by molar-refractivity contribution is 0.171. The number of likely N-dealkylation sites (tertiary alicyclic amines) is 1. The largest absolute Gasteiger partial charge is 0.495 e. The van der Waals surface area contributed by atoms with Gasteiger partial charge in [0.15, 0.2) is 0 Å². The molecule has 1 aliphatic heterocycles. The van der Waals surface area contributed by atoms with Gasteiger partial charge in [-0.1, -0.05) is 6.07 Å². The Morgan fingerprint density at radius 1 is 1.53 bits per heavy atom. The molecule has 0 amide bonds. The van der Waals surface area contributed by atoms with Crippen molar-refractivity contribution in [2.75, 3.05) is 26.7 Å². The zero-order valence-corrected chi connectivity index (χ0v) is 11.4. The van der Waals surface area contributed by atoms with Crippen LogP contribution in [0.25, 0.3) is 0 Å². The van der Waals surface area contributed by atoms with Crippen molar-refractivity contribution >= 4 is 0 Å². The average Bonchev–Trinajstić information content (AvgIpc) is 2.47. The molecule has 1 atom stereocenters. The predicted molar refractivity (Wildman–Crippen MR) is 74.8 cm³/mol. The first-order chi connectivity index (χ1) is 9.26. The highest BCUT2D eigenvalue weighted by Crippen LogP contribution is 2.22. The molecule has 0 aromatic heterocycles. The third-order valence-electron chi connectivity index (χ3n) is 3.73. The normalized spacial score (nSPS) is 19.9. The summed E-state index contributed by atoms with van der Waals surface area (Å²) in [5, 5.41) is 9.10. The second-order valence-electron chi connectivity index (χ2n) is 5.13. The van der Waals surface area contributed by atoms with Gasteiger partial charge in [-0.15, -0.1) is 0 Å². The predicted octanol–water partition coefficient (Wildman–Crippen LogP) is 1.74. The van der Waals surface area contributed by atoms with Crippen LogP contribution < -0.4 is 10.5 Å². The topological polar surface area (TPSA) is 62.3 Å². The molecule has 0 bridgehead atoms. The number of nitriles is 1. The number of piperidine rings is 1. The molecule has 19 heavy (non-hydrogen) atoms. The van der Waals surface area contributed by atoms with E-state index in [1.165, 1.54) is 12.8 Å². The molecule has 1 unspecified atom stereocenters. The summed E-state index contributed by atoms with van der Waals surface area (Å²) in [5.74, 6) is 1.26. The molecular weight excluding hydrogens is 238 g/mol. The second-order valence-corrected chi connectivity index (χ2v) is 5.13. The number of nitrogens with zero attached hydrogens (tertiary/aromatic N) is 2. The molecule has 4 heteroatoms. The van der Waals surface area contributed by atoms with Gasteiger partial charge < -0.3 is 10.5 Å². The van der Waals surface area contributed by atoms with Crippen LogP contribution in [-0.2, 0) is 6.54 Å². The van der Waals surface area contributed by atoms with Crippen molar-refractivity contribution in [3.8, 4) is 11.8 Å². The van der Waals surface area contributed by atoms with Crippen LogP contribution in [0.4, 0.5) is 0 Å². The third kappa shape index (κ3) is 3.46. The number of benzene rings is 1. The fraction of sp³-hybridized carbons (Fsp3) is 0.533. The molecule has 1 saturated heterocycles. The zero-order chi connectivity index (χ0) is 13.7. The average molecular weight is 259 g/mol. The van der Waals surface area contributed by atoms with E-state index in [2.05, 4.69) is 11.0 Å². The summed E-state index contributed by atoms with van der Waals surface area (Å²) in [7, 11) is 1.59. The zero-order valence-electron chi connectivity index (χ0n) is 11.4. The van der Waals surface area contributed by atoms with Crippen LogP contribution in [0, 0.1) is 17.2 Å². The molecule has 1 aliphatic rings. The van der Waals surface area contributed by atoms with E-state index in [4.69, 9.17) is 15.7 Å². The lowest BCUT2D eigenvalue weighted by Crippen LogP contribution is -2.37. The molecule has 102 valence electrons. The number of ether oxygens (including phenoxy) is 1. The maximum absolute atomic E-state index is 9.10. The SMILES string of the molecule is COc1ccc(CN2CCCC(CN)C2)cc1C#N. The quantitative estimate of drug-likeness (QED) is 0.894. The highest BCUT2D eigenvalue weighted by Gasteiger charge is 2.18. The smallest absolute Gasteiger partial charge is 0.136 e. The van der Waals surface area contributed by atoms with Crippen LogP contribution in [0.15, 0.2) is 18.2 Å². The van der Waals surface area contributed by atoms with E-state index in [-0.39, 0.29) is 0 Å². The van der Waals surface area contributed by atoms with Gasteiger partial charge in [-0.05, 0) is 49.5 Å². The van der Waals surface area contributed by atoms with Crippen molar-refractivity contribution < 1.29 is 4.74 Å². The molecular formula is C15H21N3O. The van der Waals surface area contributed by atoms with Gasteiger partial charge in [0, 0.05) is 13.1 Å². The van der Waals surface area contributed by atoms with Crippen LogP contribution in [0.2, 0.25) is 0 Å². The van der Waals surface area contributed by atoms with Gasteiger partial charge in [0.05, 0.1) is 12.7 Å². The minimum absolute atomic E-state index is 0.604. The van der Waals surface area contributed by atoms with Crippen molar-refractivity contribution in [1.29, 1.82) is 5.26 Å². The van der Waals surface area contributed by atoms with E-state index in [0.29, 0.717) is 17.2 Å². The lowest BCUT2D eigenvalue weighted by Gasteiger charge is -2.32. The van der Waals surface area contributed by atoms with Crippen molar-refractivity contribution in [2.24, 2.45) is 11.7 Å². The summed E-state index contributed by atoms with van der Waals surface area (Å²) in [6, 6.07) is 8.01.